The molecule has 0 unspecified atom stereocenters. The minimum atomic E-state index is 0.671. The second kappa shape index (κ2) is 7.19. The molecule has 1 aromatic heterocycles. The summed E-state index contributed by atoms with van der Waals surface area (Å²) in [5.74, 6) is 0.671. The van der Waals surface area contributed by atoms with E-state index in [0.29, 0.717) is 5.89 Å². The van der Waals surface area contributed by atoms with Crippen LogP contribution in [0.3, 0.4) is 0 Å². The van der Waals surface area contributed by atoms with Crippen LogP contribution >= 0.6 is 0 Å². The van der Waals surface area contributed by atoms with Crippen molar-refractivity contribution in [1.82, 2.24) is 15.5 Å². The normalized spacial score (nSPS) is 15.3. The topological polar surface area (TPSA) is 63.4 Å². The van der Waals surface area contributed by atoms with Gasteiger partial charge in [0.25, 0.3) is 0 Å². The van der Waals surface area contributed by atoms with Gasteiger partial charge in [-0.2, -0.15) is 4.98 Å². The Hall–Kier alpha value is -1.92. The molecule has 0 spiro atoms. The highest BCUT2D eigenvalue weighted by Gasteiger charge is 2.10. The maximum atomic E-state index is 5.37. The lowest BCUT2D eigenvalue weighted by Crippen LogP contribution is -2.36. The van der Waals surface area contributed by atoms with Crippen molar-refractivity contribution in [3.8, 4) is 0 Å². The Labute approximate surface area is 124 Å². The smallest absolute Gasteiger partial charge is 0.227 e. The van der Waals surface area contributed by atoms with Crippen molar-refractivity contribution in [3.05, 3.63) is 42.0 Å². The van der Waals surface area contributed by atoms with E-state index in [0.717, 1.165) is 45.8 Å². The minimum Gasteiger partial charge on any atom is -0.378 e. The zero-order chi connectivity index (χ0) is 14.3. The standard InChI is InChI=1S/C15H20N4O2/c1-3-14(19-7-9-20-10-8-19)4-2-13(1)11-16-6-5-15-17-12-18-21-15/h1-4,12,16H,5-11H2. The van der Waals surface area contributed by atoms with Crippen LogP contribution in [0, 0.1) is 0 Å². The van der Waals surface area contributed by atoms with Crippen LogP contribution in [0.25, 0.3) is 0 Å². The maximum Gasteiger partial charge on any atom is 0.227 e. The number of benzene rings is 1. The molecule has 1 aromatic carbocycles. The molecule has 112 valence electrons. The lowest BCUT2D eigenvalue weighted by molar-refractivity contribution is 0.122. The largest absolute Gasteiger partial charge is 0.378 e. The number of anilines is 1. The first kappa shape index (κ1) is 14.0. The number of ether oxygens (including phenoxy) is 1. The summed E-state index contributed by atoms with van der Waals surface area (Å²) < 4.78 is 10.3. The van der Waals surface area contributed by atoms with Gasteiger partial charge >= 0.3 is 0 Å². The van der Waals surface area contributed by atoms with Crippen molar-refractivity contribution in [2.45, 2.75) is 13.0 Å². The first-order chi connectivity index (χ1) is 10.4. The van der Waals surface area contributed by atoms with Gasteiger partial charge < -0.3 is 19.5 Å². The fourth-order valence-corrected chi connectivity index (χ4v) is 2.38. The van der Waals surface area contributed by atoms with E-state index in [-0.39, 0.29) is 0 Å². The molecular formula is C15H20N4O2. The van der Waals surface area contributed by atoms with Crippen molar-refractivity contribution in [2.75, 3.05) is 37.7 Å². The van der Waals surface area contributed by atoms with Crippen molar-refractivity contribution in [3.63, 3.8) is 0 Å². The molecular weight excluding hydrogens is 268 g/mol. The van der Waals surface area contributed by atoms with Gasteiger partial charge in [0.15, 0.2) is 6.33 Å². The highest BCUT2D eigenvalue weighted by atomic mass is 16.5. The molecule has 21 heavy (non-hydrogen) atoms. The Morgan fingerprint density at radius 1 is 1.14 bits per heavy atom. The van der Waals surface area contributed by atoms with Gasteiger partial charge in [-0.15, -0.1) is 0 Å². The Balaban J connectivity index is 1.43. The molecule has 1 N–H and O–H groups in total. The van der Waals surface area contributed by atoms with Gasteiger partial charge in [0, 0.05) is 38.3 Å². The average Bonchev–Trinajstić information content (AvgIpc) is 3.06. The van der Waals surface area contributed by atoms with E-state index in [1.807, 2.05) is 0 Å². The third-order valence-electron chi connectivity index (χ3n) is 3.56. The molecule has 3 rings (SSSR count). The third kappa shape index (κ3) is 4.03. The summed E-state index contributed by atoms with van der Waals surface area (Å²) in [6.07, 6.45) is 2.19. The molecule has 1 aliphatic heterocycles. The lowest BCUT2D eigenvalue weighted by atomic mass is 10.2. The molecule has 0 bridgehead atoms. The van der Waals surface area contributed by atoms with E-state index in [1.54, 1.807) is 0 Å². The Kier molecular flexibility index (Phi) is 4.81. The summed E-state index contributed by atoms with van der Waals surface area (Å²) in [6.45, 7) is 5.26. The highest BCUT2D eigenvalue weighted by Crippen LogP contribution is 2.16. The van der Waals surface area contributed by atoms with Gasteiger partial charge in [-0.05, 0) is 17.7 Å². The third-order valence-corrected chi connectivity index (χ3v) is 3.56. The Morgan fingerprint density at radius 2 is 1.95 bits per heavy atom. The first-order valence-corrected chi connectivity index (χ1v) is 7.30. The summed E-state index contributed by atoms with van der Waals surface area (Å²) in [5.41, 5.74) is 2.55. The van der Waals surface area contributed by atoms with Gasteiger partial charge in [-0.25, -0.2) is 0 Å². The number of nitrogens with zero attached hydrogens (tertiary/aromatic N) is 3. The zero-order valence-corrected chi connectivity index (χ0v) is 12.0. The van der Waals surface area contributed by atoms with Crippen LogP contribution < -0.4 is 10.2 Å². The van der Waals surface area contributed by atoms with Crippen LogP contribution in [-0.2, 0) is 17.7 Å². The molecule has 1 fully saturated rings. The van der Waals surface area contributed by atoms with Crippen LogP contribution in [0.2, 0.25) is 0 Å². The Bertz CT molecular complexity index is 521. The van der Waals surface area contributed by atoms with Gasteiger partial charge in [0.1, 0.15) is 0 Å². The molecule has 0 atom stereocenters. The fourth-order valence-electron chi connectivity index (χ4n) is 2.38. The molecule has 0 aliphatic carbocycles. The highest BCUT2D eigenvalue weighted by molar-refractivity contribution is 5.47. The molecule has 0 saturated carbocycles. The van der Waals surface area contributed by atoms with Crippen LogP contribution in [0.1, 0.15) is 11.5 Å². The van der Waals surface area contributed by atoms with Crippen LogP contribution in [0.5, 0.6) is 0 Å². The van der Waals surface area contributed by atoms with E-state index < -0.39 is 0 Å². The maximum absolute atomic E-state index is 5.37. The molecule has 2 aromatic rings. The van der Waals surface area contributed by atoms with Gasteiger partial charge in [0.2, 0.25) is 5.89 Å². The van der Waals surface area contributed by atoms with Gasteiger partial charge in [-0.1, -0.05) is 17.3 Å². The summed E-state index contributed by atoms with van der Waals surface area (Å²) in [5, 5.41) is 6.96. The monoisotopic (exact) mass is 288 g/mol. The molecule has 6 nitrogen and oxygen atoms in total. The van der Waals surface area contributed by atoms with E-state index in [2.05, 4.69) is 44.6 Å². The summed E-state index contributed by atoms with van der Waals surface area (Å²) in [4.78, 5) is 6.35. The Morgan fingerprint density at radius 3 is 2.67 bits per heavy atom. The summed E-state index contributed by atoms with van der Waals surface area (Å²) in [6, 6.07) is 8.70. The molecule has 6 heteroatoms. The quantitative estimate of drug-likeness (QED) is 0.807. The number of nitrogens with one attached hydrogen (secondary N) is 1. The molecule has 1 aliphatic rings. The number of hydrogen-bond donors (Lipinski definition) is 1. The second-order valence-corrected chi connectivity index (χ2v) is 5.03. The molecule has 1 saturated heterocycles. The molecule has 0 amide bonds. The lowest BCUT2D eigenvalue weighted by Gasteiger charge is -2.28. The van der Waals surface area contributed by atoms with Crippen molar-refractivity contribution in [1.29, 1.82) is 0 Å². The van der Waals surface area contributed by atoms with Crippen LogP contribution in [-0.4, -0.2) is 43.0 Å². The predicted molar refractivity (Wildman–Crippen MR) is 79.2 cm³/mol. The van der Waals surface area contributed by atoms with E-state index in [4.69, 9.17) is 9.26 Å². The number of hydrogen-bond acceptors (Lipinski definition) is 6. The number of rotatable bonds is 6. The number of aromatic nitrogens is 2. The van der Waals surface area contributed by atoms with Crippen molar-refractivity contribution >= 4 is 5.69 Å². The van der Waals surface area contributed by atoms with Crippen molar-refractivity contribution in [2.24, 2.45) is 0 Å². The zero-order valence-electron chi connectivity index (χ0n) is 12.0. The van der Waals surface area contributed by atoms with Crippen LogP contribution in [0.15, 0.2) is 35.1 Å². The minimum absolute atomic E-state index is 0.671. The predicted octanol–water partition coefficient (Wildman–Crippen LogP) is 1.24. The molecule has 2 heterocycles. The molecule has 0 radical (unpaired) electrons. The average molecular weight is 288 g/mol. The van der Waals surface area contributed by atoms with Crippen molar-refractivity contribution < 1.29 is 9.26 Å². The van der Waals surface area contributed by atoms with E-state index >= 15 is 0 Å². The second-order valence-electron chi connectivity index (χ2n) is 5.03. The van der Waals surface area contributed by atoms with Crippen LogP contribution in [0.4, 0.5) is 5.69 Å². The fraction of sp³-hybridized carbons (Fsp3) is 0.467. The van der Waals surface area contributed by atoms with E-state index in [1.165, 1.54) is 17.6 Å². The number of morpholine rings is 1. The van der Waals surface area contributed by atoms with Gasteiger partial charge in [-0.3, -0.25) is 0 Å². The summed E-state index contributed by atoms with van der Waals surface area (Å²) in [7, 11) is 0. The van der Waals surface area contributed by atoms with Gasteiger partial charge in [0.05, 0.1) is 13.2 Å². The SMILES string of the molecule is c1noc(CCNCc2ccc(N3CCOCC3)cc2)n1. The first-order valence-electron chi connectivity index (χ1n) is 7.30. The van der Waals surface area contributed by atoms with E-state index in [9.17, 15) is 0 Å². The summed E-state index contributed by atoms with van der Waals surface area (Å²) >= 11 is 0.